The summed E-state index contributed by atoms with van der Waals surface area (Å²) in [5, 5.41) is 2.46. The van der Waals surface area contributed by atoms with Crippen molar-refractivity contribution >= 4 is 35.2 Å². The summed E-state index contributed by atoms with van der Waals surface area (Å²) in [5.41, 5.74) is 7.31. The number of rotatable bonds is 3. The van der Waals surface area contributed by atoms with Gasteiger partial charge in [-0.25, -0.2) is 0 Å². The number of carbonyl (C=O) groups is 2. The Labute approximate surface area is 145 Å². The third-order valence-electron chi connectivity index (χ3n) is 3.03. The number of nitrogens with one attached hydrogen (secondary N) is 3. The molecule has 0 aliphatic carbocycles. The molecule has 0 aliphatic rings. The van der Waals surface area contributed by atoms with Gasteiger partial charge in [0.05, 0.1) is 0 Å². The monoisotopic (exact) mass is 339 g/mol. The minimum atomic E-state index is -0.388. The molecular weight excluding hydrogens is 322 g/mol. The van der Waals surface area contributed by atoms with Gasteiger partial charge in [0.15, 0.2) is 5.11 Å². The number of carbonyl (C=O) groups excluding carboxylic acids is 2. The highest BCUT2D eigenvalue weighted by molar-refractivity contribution is 7.80. The highest BCUT2D eigenvalue weighted by Gasteiger charge is 2.06. The zero-order valence-corrected chi connectivity index (χ0v) is 13.9. The second-order valence-electron chi connectivity index (χ2n) is 5.01. The molecule has 0 spiro atoms. The van der Waals surface area contributed by atoms with Crippen molar-refractivity contribution < 1.29 is 9.59 Å². The third-order valence-corrected chi connectivity index (χ3v) is 3.24. The Hall–Kier alpha value is -2.99. The van der Waals surface area contributed by atoms with Gasteiger partial charge in [0.1, 0.15) is 0 Å². The van der Waals surface area contributed by atoms with Crippen molar-refractivity contribution in [2.24, 2.45) is 0 Å². The fourth-order valence-corrected chi connectivity index (χ4v) is 2.04. The molecule has 0 aliphatic heterocycles. The summed E-state index contributed by atoms with van der Waals surface area (Å²) in [7, 11) is 0. The molecule has 0 saturated carbocycles. The maximum Gasteiger partial charge on any atom is 0.269 e. The van der Waals surface area contributed by atoms with Crippen LogP contribution in [0.25, 0.3) is 6.08 Å². The van der Waals surface area contributed by atoms with Gasteiger partial charge in [-0.3, -0.25) is 25.8 Å². The fourth-order valence-electron chi connectivity index (χ4n) is 1.89. The van der Waals surface area contributed by atoms with Crippen LogP contribution in [0.4, 0.5) is 0 Å². The lowest BCUT2D eigenvalue weighted by atomic mass is 10.1. The minimum Gasteiger partial charge on any atom is -0.298 e. The molecule has 0 heterocycles. The van der Waals surface area contributed by atoms with Crippen LogP contribution in [0, 0.1) is 6.92 Å². The summed E-state index contributed by atoms with van der Waals surface area (Å²) in [6.45, 7) is 1.90. The summed E-state index contributed by atoms with van der Waals surface area (Å²) < 4.78 is 0. The van der Waals surface area contributed by atoms with Gasteiger partial charge in [0.25, 0.3) is 5.91 Å². The molecule has 2 rings (SSSR count). The van der Waals surface area contributed by atoms with Crippen LogP contribution in [0.15, 0.2) is 60.7 Å². The quantitative estimate of drug-likeness (QED) is 0.456. The Bertz CT molecular complexity index is 773. The topological polar surface area (TPSA) is 70.2 Å². The van der Waals surface area contributed by atoms with Crippen molar-refractivity contribution in [1.29, 1.82) is 0 Å². The van der Waals surface area contributed by atoms with Gasteiger partial charge in [-0.1, -0.05) is 48.0 Å². The molecule has 0 atom stereocenters. The van der Waals surface area contributed by atoms with E-state index in [-0.39, 0.29) is 16.9 Å². The number of thiocarbonyl (C=S) groups is 1. The van der Waals surface area contributed by atoms with Crippen LogP contribution in [-0.2, 0) is 4.79 Å². The zero-order chi connectivity index (χ0) is 17.4. The number of benzene rings is 2. The fraction of sp³-hybridized carbons (Fsp3) is 0.0556. The van der Waals surface area contributed by atoms with Crippen LogP contribution in [0.2, 0.25) is 0 Å². The van der Waals surface area contributed by atoms with Crippen LogP contribution >= 0.6 is 12.2 Å². The molecule has 0 fully saturated rings. The summed E-state index contributed by atoms with van der Waals surface area (Å²) in [5.74, 6) is -0.726. The summed E-state index contributed by atoms with van der Waals surface area (Å²) in [6, 6.07) is 16.5. The second-order valence-corrected chi connectivity index (χ2v) is 5.42. The van der Waals surface area contributed by atoms with E-state index in [2.05, 4.69) is 16.2 Å². The lowest BCUT2D eigenvalue weighted by Crippen LogP contribution is -2.48. The molecule has 2 aromatic rings. The van der Waals surface area contributed by atoms with Crippen molar-refractivity contribution in [1.82, 2.24) is 16.2 Å². The van der Waals surface area contributed by atoms with Gasteiger partial charge in [-0.05, 0) is 42.9 Å². The van der Waals surface area contributed by atoms with Crippen molar-refractivity contribution in [2.45, 2.75) is 6.92 Å². The normalized spacial score (nSPS) is 10.2. The first-order valence-electron chi connectivity index (χ1n) is 7.26. The number of aryl methyl sites for hydroxylation is 1. The van der Waals surface area contributed by atoms with Crippen molar-refractivity contribution in [3.05, 3.63) is 77.4 Å². The Kier molecular flexibility index (Phi) is 6.22. The van der Waals surface area contributed by atoms with Crippen LogP contribution in [0.3, 0.4) is 0 Å². The van der Waals surface area contributed by atoms with Crippen LogP contribution < -0.4 is 16.2 Å². The van der Waals surface area contributed by atoms with Gasteiger partial charge in [0.2, 0.25) is 5.91 Å². The maximum atomic E-state index is 11.9. The average molecular weight is 339 g/mol. The van der Waals surface area contributed by atoms with Crippen molar-refractivity contribution in [3.8, 4) is 0 Å². The van der Waals surface area contributed by atoms with Crippen molar-refractivity contribution in [2.75, 3.05) is 0 Å². The Morgan fingerprint density at radius 1 is 1.00 bits per heavy atom. The smallest absolute Gasteiger partial charge is 0.269 e. The molecule has 0 unspecified atom stereocenters. The summed E-state index contributed by atoms with van der Waals surface area (Å²) >= 11 is 4.96. The Morgan fingerprint density at radius 2 is 1.75 bits per heavy atom. The van der Waals surface area contributed by atoms with E-state index >= 15 is 0 Å². The predicted molar refractivity (Wildman–Crippen MR) is 98.0 cm³/mol. The number of amides is 2. The lowest BCUT2D eigenvalue weighted by Gasteiger charge is -2.10. The minimum absolute atomic E-state index is 0.0127. The number of hydrazine groups is 1. The van der Waals surface area contributed by atoms with E-state index in [0.717, 1.165) is 11.1 Å². The Balaban J connectivity index is 1.79. The molecule has 6 heteroatoms. The summed E-state index contributed by atoms with van der Waals surface area (Å²) in [4.78, 5) is 23.7. The van der Waals surface area contributed by atoms with E-state index in [9.17, 15) is 9.59 Å². The molecule has 24 heavy (non-hydrogen) atoms. The van der Waals surface area contributed by atoms with Crippen molar-refractivity contribution in [3.63, 3.8) is 0 Å². The van der Waals surface area contributed by atoms with E-state index < -0.39 is 0 Å². The standard InChI is InChI=1S/C18H17N3O2S/c1-13-6-5-9-15(12-13)17(23)20-21-18(24)19-16(22)11-10-14-7-3-2-4-8-14/h2-12H,1H3,(H,20,23)(H2,19,21,22,24). The second kappa shape index (κ2) is 8.59. The molecule has 0 radical (unpaired) electrons. The lowest BCUT2D eigenvalue weighted by molar-refractivity contribution is -0.115. The number of hydrogen-bond acceptors (Lipinski definition) is 3. The molecule has 0 bridgehead atoms. The maximum absolute atomic E-state index is 11.9. The van der Waals surface area contributed by atoms with Gasteiger partial charge in [-0.2, -0.15) is 0 Å². The molecular formula is C18H17N3O2S. The average Bonchev–Trinajstić information content (AvgIpc) is 2.59. The van der Waals surface area contributed by atoms with Gasteiger partial charge in [0, 0.05) is 11.6 Å². The van der Waals surface area contributed by atoms with E-state index in [1.165, 1.54) is 6.08 Å². The van der Waals surface area contributed by atoms with Gasteiger partial charge < -0.3 is 0 Å². The first kappa shape index (κ1) is 17.4. The van der Waals surface area contributed by atoms with E-state index in [1.807, 2.05) is 43.3 Å². The first-order chi connectivity index (χ1) is 11.5. The SMILES string of the molecule is Cc1cccc(C(=O)NNC(=S)NC(=O)C=Cc2ccccc2)c1. The van der Waals surface area contributed by atoms with E-state index in [0.29, 0.717) is 5.56 Å². The molecule has 5 nitrogen and oxygen atoms in total. The molecule has 0 aromatic heterocycles. The van der Waals surface area contributed by atoms with Crippen LogP contribution in [0.5, 0.6) is 0 Å². The zero-order valence-electron chi connectivity index (χ0n) is 13.1. The Morgan fingerprint density at radius 3 is 2.46 bits per heavy atom. The number of hydrogen-bond donors (Lipinski definition) is 3. The molecule has 2 amide bonds. The first-order valence-corrected chi connectivity index (χ1v) is 7.66. The highest BCUT2D eigenvalue weighted by Crippen LogP contribution is 2.03. The summed E-state index contributed by atoms with van der Waals surface area (Å²) in [6.07, 6.45) is 3.04. The van der Waals surface area contributed by atoms with E-state index in [1.54, 1.807) is 24.3 Å². The molecule has 0 saturated heterocycles. The predicted octanol–water partition coefficient (Wildman–Crippen LogP) is 2.34. The van der Waals surface area contributed by atoms with Crippen LogP contribution in [0.1, 0.15) is 21.5 Å². The highest BCUT2D eigenvalue weighted by atomic mass is 32.1. The van der Waals surface area contributed by atoms with Gasteiger partial charge in [-0.15, -0.1) is 0 Å². The third kappa shape index (κ3) is 5.66. The van der Waals surface area contributed by atoms with Gasteiger partial charge >= 0.3 is 0 Å². The molecule has 3 N–H and O–H groups in total. The largest absolute Gasteiger partial charge is 0.298 e. The molecule has 2 aromatic carbocycles. The molecule has 122 valence electrons. The van der Waals surface area contributed by atoms with Crippen LogP contribution in [-0.4, -0.2) is 16.9 Å². The van der Waals surface area contributed by atoms with E-state index in [4.69, 9.17) is 12.2 Å².